The number of rotatable bonds is 3. The molecule has 0 aliphatic carbocycles. The van der Waals surface area contributed by atoms with Crippen LogP contribution in [0.1, 0.15) is 18.2 Å². The number of nitrogens with zero attached hydrogens (tertiary/aromatic N) is 3. The normalized spacial score (nSPS) is 21.6. The molecule has 0 bridgehead atoms. The summed E-state index contributed by atoms with van der Waals surface area (Å²) in [5.41, 5.74) is 2.52. The van der Waals surface area contributed by atoms with E-state index in [1.165, 1.54) is 11.3 Å². The quantitative estimate of drug-likeness (QED) is 0.879. The number of fused-ring (bicyclic) bond motifs is 1. The third-order valence-corrected chi connectivity index (χ3v) is 3.97. The maximum atomic E-state index is 9.49. The Morgan fingerprint density at radius 2 is 2.10 bits per heavy atom. The molecule has 1 N–H and O–H groups in total. The van der Waals surface area contributed by atoms with Crippen molar-refractivity contribution in [3.63, 3.8) is 0 Å². The molecule has 1 atom stereocenters. The number of ether oxygens (including phenoxy) is 1. The first-order chi connectivity index (χ1) is 9.72. The Labute approximate surface area is 120 Å². The summed E-state index contributed by atoms with van der Waals surface area (Å²) in [5, 5.41) is 9.49. The van der Waals surface area contributed by atoms with Gasteiger partial charge >= 0.3 is 0 Å². The van der Waals surface area contributed by atoms with Gasteiger partial charge in [0.25, 0.3) is 0 Å². The van der Waals surface area contributed by atoms with Crippen LogP contribution in [0.25, 0.3) is 0 Å². The Kier molecular flexibility index (Phi) is 4.19. The van der Waals surface area contributed by atoms with Crippen molar-refractivity contribution in [1.82, 2.24) is 9.88 Å². The van der Waals surface area contributed by atoms with Gasteiger partial charge in [-0.3, -0.25) is 4.90 Å². The zero-order valence-corrected chi connectivity index (χ0v) is 12.1. The highest BCUT2D eigenvalue weighted by atomic mass is 16.5. The first-order valence-electron chi connectivity index (χ1n) is 7.44. The van der Waals surface area contributed by atoms with Crippen molar-refractivity contribution in [2.75, 3.05) is 44.3 Å². The van der Waals surface area contributed by atoms with Crippen molar-refractivity contribution < 1.29 is 9.84 Å². The topological polar surface area (TPSA) is 48.8 Å². The summed E-state index contributed by atoms with van der Waals surface area (Å²) in [7, 11) is 0. The predicted molar refractivity (Wildman–Crippen MR) is 77.9 cm³/mol. The van der Waals surface area contributed by atoms with E-state index < -0.39 is 0 Å². The molecule has 3 rings (SSSR count). The number of hydrogen-bond donors (Lipinski definition) is 1. The number of hydrogen-bond acceptors (Lipinski definition) is 5. The monoisotopic (exact) mass is 277 g/mol. The maximum absolute atomic E-state index is 9.49. The Morgan fingerprint density at radius 3 is 2.85 bits per heavy atom. The summed E-state index contributed by atoms with van der Waals surface area (Å²) in [4.78, 5) is 9.42. The fourth-order valence-corrected chi connectivity index (χ4v) is 2.96. The minimum atomic E-state index is -0.267. The van der Waals surface area contributed by atoms with Crippen LogP contribution >= 0.6 is 0 Å². The van der Waals surface area contributed by atoms with E-state index in [0.717, 1.165) is 58.2 Å². The maximum Gasteiger partial charge on any atom is 0.128 e. The van der Waals surface area contributed by atoms with Crippen molar-refractivity contribution >= 4 is 5.82 Å². The number of morpholine rings is 1. The van der Waals surface area contributed by atoms with Crippen LogP contribution in [0.15, 0.2) is 12.1 Å². The first-order valence-corrected chi connectivity index (χ1v) is 7.44. The van der Waals surface area contributed by atoms with Crippen LogP contribution in [0.2, 0.25) is 0 Å². The van der Waals surface area contributed by atoms with Gasteiger partial charge in [-0.15, -0.1) is 0 Å². The molecule has 5 nitrogen and oxygen atoms in total. The molecule has 0 saturated carbocycles. The van der Waals surface area contributed by atoms with Gasteiger partial charge in [-0.2, -0.15) is 0 Å². The first kappa shape index (κ1) is 13.8. The number of pyridine rings is 1. The van der Waals surface area contributed by atoms with Crippen molar-refractivity contribution in [1.29, 1.82) is 0 Å². The standard InChI is InChI=1S/C15H23N3O2/c1-12(19)10-17-5-4-14-13(11-17)2-3-15(16-14)18-6-8-20-9-7-18/h2-3,12,19H,4-11H2,1H3. The fraction of sp³-hybridized carbons (Fsp3) is 0.667. The Bertz CT molecular complexity index is 458. The third-order valence-electron chi connectivity index (χ3n) is 3.97. The summed E-state index contributed by atoms with van der Waals surface area (Å²) in [6, 6.07) is 4.32. The van der Waals surface area contributed by atoms with Gasteiger partial charge in [0.15, 0.2) is 0 Å². The predicted octanol–water partition coefficient (Wildman–Crippen LogP) is 0.657. The highest BCUT2D eigenvalue weighted by Gasteiger charge is 2.20. The number of anilines is 1. The van der Waals surface area contributed by atoms with Crippen LogP contribution < -0.4 is 4.90 Å². The molecule has 0 spiro atoms. The lowest BCUT2D eigenvalue weighted by Crippen LogP contribution is -2.38. The Morgan fingerprint density at radius 1 is 1.30 bits per heavy atom. The van der Waals surface area contributed by atoms with Gasteiger partial charge in [-0.25, -0.2) is 4.98 Å². The van der Waals surface area contributed by atoms with Gasteiger partial charge in [0.1, 0.15) is 5.82 Å². The molecule has 0 amide bonds. The van der Waals surface area contributed by atoms with Gasteiger partial charge in [0.2, 0.25) is 0 Å². The van der Waals surface area contributed by atoms with Crippen LogP contribution in [-0.4, -0.2) is 60.5 Å². The molecule has 1 saturated heterocycles. The Hall–Kier alpha value is -1.17. The SMILES string of the molecule is CC(O)CN1CCc2nc(N3CCOCC3)ccc2C1. The molecule has 3 heterocycles. The van der Waals surface area contributed by atoms with Gasteiger partial charge in [0, 0.05) is 44.8 Å². The molecule has 1 unspecified atom stereocenters. The lowest BCUT2D eigenvalue weighted by Gasteiger charge is -2.31. The van der Waals surface area contributed by atoms with E-state index in [2.05, 4.69) is 21.9 Å². The van der Waals surface area contributed by atoms with E-state index in [1.807, 2.05) is 6.92 Å². The van der Waals surface area contributed by atoms with Crippen LogP contribution in [0.3, 0.4) is 0 Å². The van der Waals surface area contributed by atoms with Crippen LogP contribution in [0.5, 0.6) is 0 Å². The van der Waals surface area contributed by atoms with Gasteiger partial charge in [-0.05, 0) is 18.6 Å². The molecule has 2 aliphatic rings. The van der Waals surface area contributed by atoms with Crippen molar-refractivity contribution in [2.24, 2.45) is 0 Å². The van der Waals surface area contributed by atoms with Gasteiger partial charge in [0.05, 0.1) is 19.3 Å². The van der Waals surface area contributed by atoms with Gasteiger partial charge < -0.3 is 14.7 Å². The highest BCUT2D eigenvalue weighted by Crippen LogP contribution is 2.22. The molecule has 0 aromatic carbocycles. The summed E-state index contributed by atoms with van der Waals surface area (Å²) in [5.74, 6) is 1.08. The van der Waals surface area contributed by atoms with E-state index >= 15 is 0 Å². The number of aromatic nitrogens is 1. The smallest absolute Gasteiger partial charge is 0.128 e. The van der Waals surface area contributed by atoms with Crippen molar-refractivity contribution in [2.45, 2.75) is 26.0 Å². The highest BCUT2D eigenvalue weighted by molar-refractivity contribution is 5.42. The molecular weight excluding hydrogens is 254 g/mol. The summed E-state index contributed by atoms with van der Waals surface area (Å²) in [6.07, 6.45) is 0.706. The molecule has 5 heteroatoms. The molecule has 1 aromatic heterocycles. The second-order valence-corrected chi connectivity index (χ2v) is 5.71. The zero-order chi connectivity index (χ0) is 13.9. The van der Waals surface area contributed by atoms with Gasteiger partial charge in [-0.1, -0.05) is 6.07 Å². The summed E-state index contributed by atoms with van der Waals surface area (Å²) < 4.78 is 5.39. The summed E-state index contributed by atoms with van der Waals surface area (Å²) in [6.45, 7) is 7.91. The van der Waals surface area contributed by atoms with E-state index in [1.54, 1.807) is 0 Å². The molecule has 0 radical (unpaired) electrons. The van der Waals surface area contributed by atoms with E-state index in [0.29, 0.717) is 0 Å². The van der Waals surface area contributed by atoms with E-state index in [-0.39, 0.29) is 6.10 Å². The number of β-amino-alcohol motifs (C(OH)–C–C–N with tert-alkyl or cyclic N) is 1. The lowest BCUT2D eigenvalue weighted by molar-refractivity contribution is 0.118. The van der Waals surface area contributed by atoms with Crippen molar-refractivity contribution in [3.05, 3.63) is 23.4 Å². The minimum absolute atomic E-state index is 0.267. The second-order valence-electron chi connectivity index (χ2n) is 5.71. The average molecular weight is 277 g/mol. The lowest BCUT2D eigenvalue weighted by atomic mass is 10.1. The van der Waals surface area contributed by atoms with E-state index in [9.17, 15) is 5.11 Å². The molecular formula is C15H23N3O2. The Balaban J connectivity index is 1.71. The van der Waals surface area contributed by atoms with Crippen molar-refractivity contribution in [3.8, 4) is 0 Å². The minimum Gasteiger partial charge on any atom is -0.392 e. The molecule has 2 aliphatic heterocycles. The third kappa shape index (κ3) is 3.11. The van der Waals surface area contributed by atoms with E-state index in [4.69, 9.17) is 9.72 Å². The molecule has 1 aromatic rings. The zero-order valence-electron chi connectivity index (χ0n) is 12.1. The van der Waals surface area contributed by atoms with Crippen LogP contribution in [-0.2, 0) is 17.7 Å². The molecule has 110 valence electrons. The van der Waals surface area contributed by atoms with Crippen LogP contribution in [0, 0.1) is 0 Å². The second kappa shape index (κ2) is 6.08. The summed E-state index contributed by atoms with van der Waals surface area (Å²) >= 11 is 0. The molecule has 1 fully saturated rings. The molecule has 20 heavy (non-hydrogen) atoms. The average Bonchev–Trinajstić information content (AvgIpc) is 2.47. The number of aliphatic hydroxyl groups excluding tert-OH is 1. The number of aliphatic hydroxyl groups is 1. The van der Waals surface area contributed by atoms with Crippen LogP contribution in [0.4, 0.5) is 5.82 Å². The fourth-order valence-electron chi connectivity index (χ4n) is 2.96. The largest absolute Gasteiger partial charge is 0.392 e.